The highest BCUT2D eigenvalue weighted by atomic mass is 16.5. The molecule has 2 N–H and O–H groups in total. The Hall–Kier alpha value is -4.26. The van der Waals surface area contributed by atoms with Crippen LogP contribution in [0.3, 0.4) is 0 Å². The first-order chi connectivity index (χ1) is 16.3. The van der Waals surface area contributed by atoms with Gasteiger partial charge in [0.1, 0.15) is 23.9 Å². The summed E-state index contributed by atoms with van der Waals surface area (Å²) in [6.45, 7) is 6.57. The molecule has 0 fully saturated rings. The molecule has 174 valence electrons. The maximum Gasteiger partial charge on any atom is 0.326 e. The molecule has 1 heterocycles. The van der Waals surface area contributed by atoms with E-state index in [2.05, 4.69) is 15.8 Å². The Morgan fingerprint density at radius 1 is 0.853 bits per heavy atom. The average molecular weight is 458 g/mol. The number of benzene rings is 3. The SMILES string of the molecule is CC(C)(C)c1cc(NC(=O)Nc2ccc(Oc3ccc(OCc4ccccc4)cc3)cc2)on1. The van der Waals surface area contributed by atoms with Crippen molar-refractivity contribution in [1.29, 1.82) is 0 Å². The van der Waals surface area contributed by atoms with Gasteiger partial charge in [0, 0.05) is 17.2 Å². The van der Waals surface area contributed by atoms with Crippen LogP contribution in [0.2, 0.25) is 0 Å². The zero-order valence-electron chi connectivity index (χ0n) is 19.4. The van der Waals surface area contributed by atoms with E-state index in [-0.39, 0.29) is 5.41 Å². The molecule has 7 nitrogen and oxygen atoms in total. The minimum atomic E-state index is -0.420. The Bertz CT molecular complexity index is 1210. The fourth-order valence-corrected chi connectivity index (χ4v) is 3.05. The van der Waals surface area contributed by atoms with E-state index in [9.17, 15) is 4.79 Å². The molecule has 0 aliphatic carbocycles. The zero-order valence-corrected chi connectivity index (χ0v) is 19.4. The third kappa shape index (κ3) is 6.38. The van der Waals surface area contributed by atoms with Crippen molar-refractivity contribution >= 4 is 17.6 Å². The smallest absolute Gasteiger partial charge is 0.326 e. The van der Waals surface area contributed by atoms with Gasteiger partial charge in [0.05, 0.1) is 5.69 Å². The van der Waals surface area contributed by atoms with Crippen molar-refractivity contribution in [2.75, 3.05) is 10.6 Å². The van der Waals surface area contributed by atoms with Gasteiger partial charge in [0.2, 0.25) is 5.88 Å². The maximum absolute atomic E-state index is 12.2. The minimum Gasteiger partial charge on any atom is -0.489 e. The molecule has 4 aromatic rings. The topological polar surface area (TPSA) is 85.6 Å². The summed E-state index contributed by atoms with van der Waals surface area (Å²) in [5.74, 6) is 2.39. The minimum absolute atomic E-state index is 0.161. The number of carbonyl (C=O) groups excluding carboxylic acids is 1. The first-order valence-corrected chi connectivity index (χ1v) is 10.9. The van der Waals surface area contributed by atoms with Gasteiger partial charge in [0.25, 0.3) is 0 Å². The Labute approximate surface area is 198 Å². The molecule has 0 aliphatic rings. The predicted molar refractivity (Wildman–Crippen MR) is 132 cm³/mol. The second-order valence-corrected chi connectivity index (χ2v) is 8.78. The van der Waals surface area contributed by atoms with E-state index in [4.69, 9.17) is 14.0 Å². The number of amides is 2. The maximum atomic E-state index is 12.2. The van der Waals surface area contributed by atoms with Crippen LogP contribution < -0.4 is 20.1 Å². The predicted octanol–water partition coefficient (Wildman–Crippen LogP) is 6.99. The highest BCUT2D eigenvalue weighted by Gasteiger charge is 2.19. The molecule has 0 saturated heterocycles. The summed E-state index contributed by atoms with van der Waals surface area (Å²) < 4.78 is 16.9. The lowest BCUT2D eigenvalue weighted by atomic mass is 9.92. The average Bonchev–Trinajstić information content (AvgIpc) is 3.30. The summed E-state index contributed by atoms with van der Waals surface area (Å²) in [6.07, 6.45) is 0. The fourth-order valence-electron chi connectivity index (χ4n) is 3.05. The second-order valence-electron chi connectivity index (χ2n) is 8.78. The van der Waals surface area contributed by atoms with Gasteiger partial charge in [0.15, 0.2) is 0 Å². The monoisotopic (exact) mass is 457 g/mol. The molecule has 34 heavy (non-hydrogen) atoms. The molecule has 0 atom stereocenters. The number of hydrogen-bond acceptors (Lipinski definition) is 5. The van der Waals surface area contributed by atoms with Gasteiger partial charge in [-0.1, -0.05) is 56.3 Å². The zero-order chi connectivity index (χ0) is 24.0. The number of rotatable bonds is 7. The lowest BCUT2D eigenvalue weighted by Gasteiger charge is -2.12. The third-order valence-corrected chi connectivity index (χ3v) is 4.94. The largest absolute Gasteiger partial charge is 0.489 e. The molecule has 0 aliphatic heterocycles. The van der Waals surface area contributed by atoms with Crippen molar-refractivity contribution in [3.8, 4) is 17.2 Å². The highest BCUT2D eigenvalue weighted by molar-refractivity contribution is 5.98. The van der Waals surface area contributed by atoms with Gasteiger partial charge >= 0.3 is 6.03 Å². The van der Waals surface area contributed by atoms with E-state index in [1.165, 1.54) is 0 Å². The Morgan fingerprint density at radius 3 is 2.09 bits per heavy atom. The summed E-state index contributed by atoms with van der Waals surface area (Å²) in [6, 6.07) is 25.8. The molecule has 0 saturated carbocycles. The molecule has 0 unspecified atom stereocenters. The van der Waals surface area contributed by atoms with Gasteiger partial charge in [-0.3, -0.25) is 5.32 Å². The summed E-state index contributed by atoms with van der Waals surface area (Å²) >= 11 is 0. The van der Waals surface area contributed by atoms with Crippen LogP contribution in [0.1, 0.15) is 32.0 Å². The van der Waals surface area contributed by atoms with Crippen LogP contribution in [-0.2, 0) is 12.0 Å². The van der Waals surface area contributed by atoms with Crippen molar-refractivity contribution in [1.82, 2.24) is 5.16 Å². The fraction of sp³-hybridized carbons (Fsp3) is 0.185. The molecular weight excluding hydrogens is 430 g/mol. The Kier molecular flexibility index (Phi) is 6.82. The summed E-state index contributed by atoms with van der Waals surface area (Å²) in [5.41, 5.74) is 2.33. The molecule has 0 bridgehead atoms. The van der Waals surface area contributed by atoms with Gasteiger partial charge < -0.3 is 19.3 Å². The van der Waals surface area contributed by atoms with Crippen molar-refractivity contribution in [3.05, 3.63) is 96.2 Å². The first-order valence-electron chi connectivity index (χ1n) is 10.9. The molecule has 4 rings (SSSR count). The molecule has 7 heteroatoms. The number of hydrogen-bond donors (Lipinski definition) is 2. The quantitative estimate of drug-likeness (QED) is 0.312. The van der Waals surface area contributed by atoms with E-state index in [1.807, 2.05) is 75.4 Å². The van der Waals surface area contributed by atoms with Crippen LogP contribution in [0, 0.1) is 0 Å². The van der Waals surface area contributed by atoms with E-state index in [0.717, 1.165) is 17.0 Å². The van der Waals surface area contributed by atoms with Crippen molar-refractivity contribution in [2.24, 2.45) is 0 Å². The summed E-state index contributed by atoms with van der Waals surface area (Å²) in [7, 11) is 0. The number of urea groups is 1. The molecule has 1 aromatic heterocycles. The summed E-state index contributed by atoms with van der Waals surface area (Å²) in [4.78, 5) is 12.2. The van der Waals surface area contributed by atoms with E-state index >= 15 is 0 Å². The van der Waals surface area contributed by atoms with Crippen molar-refractivity contribution < 1.29 is 18.8 Å². The lowest BCUT2D eigenvalue weighted by molar-refractivity contribution is 0.261. The third-order valence-electron chi connectivity index (χ3n) is 4.94. The lowest BCUT2D eigenvalue weighted by Crippen LogP contribution is -2.19. The van der Waals surface area contributed by atoms with Gasteiger partial charge in [-0.05, 0) is 54.1 Å². The van der Waals surface area contributed by atoms with Gasteiger partial charge in [-0.15, -0.1) is 0 Å². The van der Waals surface area contributed by atoms with Crippen LogP contribution in [0.15, 0.2) is 89.5 Å². The second kappa shape index (κ2) is 10.1. The Morgan fingerprint density at radius 2 is 1.47 bits per heavy atom. The number of nitrogens with one attached hydrogen (secondary N) is 2. The first kappa shape index (κ1) is 22.9. The standard InChI is InChI=1S/C27H27N3O4/c1-27(2,3)24-17-25(34-30-24)29-26(31)28-20-9-11-22(12-10-20)33-23-15-13-21(14-16-23)32-18-19-7-5-4-6-8-19/h4-17H,18H2,1-3H3,(H2,28,29,31). The summed E-state index contributed by atoms with van der Waals surface area (Å²) in [5, 5.41) is 9.38. The molecular formula is C27H27N3O4. The molecule has 3 aromatic carbocycles. The molecule has 0 radical (unpaired) electrons. The number of aromatic nitrogens is 1. The normalized spacial score (nSPS) is 11.0. The van der Waals surface area contributed by atoms with E-state index in [1.54, 1.807) is 30.3 Å². The van der Waals surface area contributed by atoms with Crippen molar-refractivity contribution in [3.63, 3.8) is 0 Å². The van der Waals surface area contributed by atoms with Crippen LogP contribution in [0.25, 0.3) is 0 Å². The van der Waals surface area contributed by atoms with Crippen LogP contribution in [-0.4, -0.2) is 11.2 Å². The number of nitrogens with zero attached hydrogens (tertiary/aromatic N) is 1. The van der Waals surface area contributed by atoms with E-state index in [0.29, 0.717) is 29.7 Å². The highest BCUT2D eigenvalue weighted by Crippen LogP contribution is 2.26. The van der Waals surface area contributed by atoms with Gasteiger partial charge in [-0.2, -0.15) is 0 Å². The number of anilines is 2. The van der Waals surface area contributed by atoms with Crippen LogP contribution in [0.5, 0.6) is 17.2 Å². The van der Waals surface area contributed by atoms with Crippen LogP contribution in [0.4, 0.5) is 16.4 Å². The van der Waals surface area contributed by atoms with Crippen molar-refractivity contribution in [2.45, 2.75) is 32.8 Å². The number of ether oxygens (including phenoxy) is 2. The van der Waals surface area contributed by atoms with Crippen LogP contribution >= 0.6 is 0 Å². The Balaban J connectivity index is 1.27. The number of carbonyl (C=O) groups is 1. The molecule has 0 spiro atoms. The van der Waals surface area contributed by atoms with Gasteiger partial charge in [-0.25, -0.2) is 4.79 Å². The van der Waals surface area contributed by atoms with E-state index < -0.39 is 6.03 Å². The molecule has 2 amide bonds.